The maximum atomic E-state index is 12.6. The molecule has 1 aliphatic rings. The van der Waals surface area contributed by atoms with E-state index in [0.717, 1.165) is 25.9 Å². The number of sulfonamides is 1. The van der Waals surface area contributed by atoms with E-state index >= 15 is 0 Å². The molecule has 1 aromatic heterocycles. The average Bonchev–Trinajstić information content (AvgIpc) is 2.91. The largest absolute Gasteiger partial charge is 0.316 e. The monoisotopic (exact) mass is 286 g/mol. The lowest BCUT2D eigenvalue weighted by molar-refractivity contribution is 0.264. The van der Waals surface area contributed by atoms with Crippen LogP contribution in [0.3, 0.4) is 0 Å². The van der Waals surface area contributed by atoms with Gasteiger partial charge in [0.05, 0.1) is 6.20 Å². The first-order valence-electron chi connectivity index (χ1n) is 6.73. The van der Waals surface area contributed by atoms with Crippen LogP contribution in [0.5, 0.6) is 0 Å². The molecule has 1 atom stereocenters. The molecule has 2 rings (SSSR count). The quantitative estimate of drug-likeness (QED) is 0.839. The molecule has 0 amide bonds. The number of aromatic nitrogens is 2. The van der Waals surface area contributed by atoms with Gasteiger partial charge >= 0.3 is 0 Å². The molecule has 1 unspecified atom stereocenters. The summed E-state index contributed by atoms with van der Waals surface area (Å²) in [7, 11) is -3.44. The van der Waals surface area contributed by atoms with Crippen LogP contribution < -0.4 is 5.32 Å². The zero-order chi connectivity index (χ0) is 13.9. The van der Waals surface area contributed by atoms with Crippen LogP contribution in [0.1, 0.15) is 26.7 Å². The van der Waals surface area contributed by atoms with Crippen molar-refractivity contribution >= 4 is 10.0 Å². The van der Waals surface area contributed by atoms with Crippen molar-refractivity contribution in [3.63, 3.8) is 0 Å². The molecular formula is C12H22N4O2S. The molecule has 0 spiro atoms. The number of H-pyrrole nitrogens is 1. The van der Waals surface area contributed by atoms with E-state index < -0.39 is 10.0 Å². The molecule has 0 aliphatic carbocycles. The van der Waals surface area contributed by atoms with Gasteiger partial charge in [-0.25, -0.2) is 8.42 Å². The first-order valence-corrected chi connectivity index (χ1v) is 8.17. The molecule has 1 aliphatic heterocycles. The normalized spacial score (nSPS) is 21.2. The van der Waals surface area contributed by atoms with Crippen LogP contribution in [-0.4, -0.2) is 48.6 Å². The Kier molecular flexibility index (Phi) is 4.59. The van der Waals surface area contributed by atoms with Crippen molar-refractivity contribution in [3.8, 4) is 0 Å². The first-order chi connectivity index (χ1) is 9.01. The van der Waals surface area contributed by atoms with Crippen molar-refractivity contribution < 1.29 is 8.42 Å². The second kappa shape index (κ2) is 6.02. The lowest BCUT2D eigenvalue weighted by Gasteiger charge is -2.31. The fourth-order valence-corrected chi connectivity index (χ4v) is 4.06. The Morgan fingerprint density at radius 2 is 2.32 bits per heavy atom. The summed E-state index contributed by atoms with van der Waals surface area (Å²) in [6.07, 6.45) is 4.99. The van der Waals surface area contributed by atoms with Gasteiger partial charge in [-0.1, -0.05) is 0 Å². The molecule has 2 heterocycles. The predicted octanol–water partition coefficient (Wildman–Crippen LogP) is 0.808. The maximum Gasteiger partial charge on any atom is 0.246 e. The standard InChI is InChI=1S/C12H22N4O2S/c1-10(2)16(9-11-4-3-5-13-6-11)19(17,18)12-7-14-15-8-12/h7-8,10-11,13H,3-6,9H2,1-2H3,(H,14,15). The Bertz CT molecular complexity index is 478. The van der Waals surface area contributed by atoms with Crippen molar-refractivity contribution in [2.24, 2.45) is 5.92 Å². The molecule has 2 N–H and O–H groups in total. The third-order valence-electron chi connectivity index (χ3n) is 3.49. The van der Waals surface area contributed by atoms with E-state index in [1.165, 1.54) is 12.4 Å². The fourth-order valence-electron chi connectivity index (χ4n) is 2.44. The maximum absolute atomic E-state index is 12.6. The zero-order valence-electron chi connectivity index (χ0n) is 11.5. The van der Waals surface area contributed by atoms with Crippen LogP contribution in [0.4, 0.5) is 0 Å². The molecule has 1 fully saturated rings. The highest BCUT2D eigenvalue weighted by Gasteiger charge is 2.30. The third kappa shape index (κ3) is 3.34. The minimum atomic E-state index is -3.44. The van der Waals surface area contributed by atoms with Gasteiger partial charge in [-0.05, 0) is 45.7 Å². The molecule has 0 bridgehead atoms. The Labute approximate surface area is 114 Å². The summed E-state index contributed by atoms with van der Waals surface area (Å²) in [5, 5.41) is 9.62. The topological polar surface area (TPSA) is 78.1 Å². The predicted molar refractivity (Wildman–Crippen MR) is 73.2 cm³/mol. The van der Waals surface area contributed by atoms with Crippen molar-refractivity contribution in [2.75, 3.05) is 19.6 Å². The van der Waals surface area contributed by atoms with Crippen LogP contribution in [-0.2, 0) is 10.0 Å². The fraction of sp³-hybridized carbons (Fsp3) is 0.750. The van der Waals surface area contributed by atoms with Gasteiger partial charge in [0.2, 0.25) is 10.0 Å². The summed E-state index contributed by atoms with van der Waals surface area (Å²) in [4.78, 5) is 0.241. The smallest absolute Gasteiger partial charge is 0.246 e. The number of piperidine rings is 1. The summed E-state index contributed by atoms with van der Waals surface area (Å²) >= 11 is 0. The molecule has 0 radical (unpaired) electrons. The van der Waals surface area contributed by atoms with Crippen LogP contribution in [0.15, 0.2) is 17.3 Å². The van der Waals surface area contributed by atoms with Crippen molar-refractivity contribution in [3.05, 3.63) is 12.4 Å². The zero-order valence-corrected chi connectivity index (χ0v) is 12.3. The van der Waals surface area contributed by atoms with Gasteiger partial charge in [-0.2, -0.15) is 9.40 Å². The summed E-state index contributed by atoms with van der Waals surface area (Å²) in [6, 6.07) is -0.0539. The van der Waals surface area contributed by atoms with Crippen LogP contribution in [0.2, 0.25) is 0 Å². The van der Waals surface area contributed by atoms with Gasteiger partial charge in [0.25, 0.3) is 0 Å². The molecule has 6 nitrogen and oxygen atoms in total. The van der Waals surface area contributed by atoms with Crippen LogP contribution in [0, 0.1) is 5.92 Å². The molecule has 0 aromatic carbocycles. The van der Waals surface area contributed by atoms with Gasteiger partial charge in [0, 0.05) is 18.8 Å². The van der Waals surface area contributed by atoms with Crippen LogP contribution in [0.25, 0.3) is 0 Å². The summed E-state index contributed by atoms with van der Waals surface area (Å²) < 4.78 is 26.7. The summed E-state index contributed by atoms with van der Waals surface area (Å²) in [5.74, 6) is 0.387. The van der Waals surface area contributed by atoms with E-state index in [0.29, 0.717) is 12.5 Å². The van der Waals surface area contributed by atoms with Gasteiger partial charge in [0.15, 0.2) is 0 Å². The number of hydrogen-bond acceptors (Lipinski definition) is 4. The van der Waals surface area contributed by atoms with Crippen LogP contribution >= 0.6 is 0 Å². The van der Waals surface area contributed by atoms with Gasteiger partial charge in [-0.3, -0.25) is 5.10 Å². The first kappa shape index (κ1) is 14.5. The van der Waals surface area contributed by atoms with E-state index in [9.17, 15) is 8.42 Å². The highest BCUT2D eigenvalue weighted by molar-refractivity contribution is 7.89. The SMILES string of the molecule is CC(C)N(CC1CCCNC1)S(=O)(=O)c1cn[nH]c1. The highest BCUT2D eigenvalue weighted by atomic mass is 32.2. The van der Waals surface area contributed by atoms with Gasteiger partial charge in [0.1, 0.15) is 4.90 Å². The minimum Gasteiger partial charge on any atom is -0.316 e. The lowest BCUT2D eigenvalue weighted by atomic mass is 9.99. The van der Waals surface area contributed by atoms with E-state index in [2.05, 4.69) is 15.5 Å². The van der Waals surface area contributed by atoms with Crippen molar-refractivity contribution in [1.29, 1.82) is 0 Å². The number of aromatic amines is 1. The Hall–Kier alpha value is -0.920. The average molecular weight is 286 g/mol. The molecular weight excluding hydrogens is 264 g/mol. The molecule has 7 heteroatoms. The number of hydrogen-bond donors (Lipinski definition) is 2. The summed E-state index contributed by atoms with van der Waals surface area (Å²) in [5.41, 5.74) is 0. The van der Waals surface area contributed by atoms with Crippen molar-refractivity contribution in [1.82, 2.24) is 19.8 Å². The molecule has 19 heavy (non-hydrogen) atoms. The number of rotatable bonds is 5. The molecule has 108 valence electrons. The van der Waals surface area contributed by atoms with E-state index in [1.54, 1.807) is 4.31 Å². The second-order valence-corrected chi connectivity index (χ2v) is 7.21. The van der Waals surface area contributed by atoms with E-state index in [4.69, 9.17) is 0 Å². The Morgan fingerprint density at radius 1 is 1.53 bits per heavy atom. The van der Waals surface area contributed by atoms with Gasteiger partial charge < -0.3 is 5.32 Å². The lowest BCUT2D eigenvalue weighted by Crippen LogP contribution is -2.44. The number of nitrogens with one attached hydrogen (secondary N) is 2. The molecule has 1 saturated heterocycles. The van der Waals surface area contributed by atoms with E-state index in [-0.39, 0.29) is 10.9 Å². The Morgan fingerprint density at radius 3 is 2.84 bits per heavy atom. The number of nitrogens with zero attached hydrogens (tertiary/aromatic N) is 2. The van der Waals surface area contributed by atoms with Crippen molar-refractivity contribution in [2.45, 2.75) is 37.6 Å². The Balaban J connectivity index is 2.15. The molecule has 1 aromatic rings. The van der Waals surface area contributed by atoms with E-state index in [1.807, 2.05) is 13.8 Å². The van der Waals surface area contributed by atoms with Gasteiger partial charge in [-0.15, -0.1) is 0 Å². The second-order valence-electron chi connectivity index (χ2n) is 5.31. The molecule has 0 saturated carbocycles. The third-order valence-corrected chi connectivity index (χ3v) is 5.50. The highest BCUT2D eigenvalue weighted by Crippen LogP contribution is 2.21. The summed E-state index contributed by atoms with van der Waals surface area (Å²) in [6.45, 7) is 6.32. The minimum absolute atomic E-state index is 0.0539.